The molecule has 132 valence electrons. The molecule has 2 amide bonds. The highest BCUT2D eigenvalue weighted by Crippen LogP contribution is 2.35. The zero-order valence-corrected chi connectivity index (χ0v) is 14.1. The summed E-state index contributed by atoms with van der Waals surface area (Å²) in [5.41, 5.74) is 1.10. The van der Waals surface area contributed by atoms with Crippen LogP contribution in [0.1, 0.15) is 36.2 Å². The molecule has 1 saturated carbocycles. The van der Waals surface area contributed by atoms with E-state index in [1.165, 1.54) is 12.8 Å². The van der Waals surface area contributed by atoms with Gasteiger partial charge in [-0.25, -0.2) is 0 Å². The van der Waals surface area contributed by atoms with Gasteiger partial charge in [-0.05, 0) is 24.5 Å². The molecule has 2 heterocycles. The molecule has 1 aromatic carbocycles. The largest absolute Gasteiger partial charge is 0.449 e. The SMILES string of the molecule is O=C(CCC1CC1)Nc1c(C(=O)N2CCOCC2)oc2ccccc12. The highest BCUT2D eigenvalue weighted by molar-refractivity contribution is 6.10. The van der Waals surface area contributed by atoms with Crippen LogP contribution < -0.4 is 5.32 Å². The van der Waals surface area contributed by atoms with E-state index in [0.717, 1.165) is 11.8 Å². The molecule has 1 aliphatic carbocycles. The predicted molar refractivity (Wildman–Crippen MR) is 93.5 cm³/mol. The van der Waals surface area contributed by atoms with E-state index in [-0.39, 0.29) is 17.6 Å². The summed E-state index contributed by atoms with van der Waals surface area (Å²) in [6, 6.07) is 7.41. The molecule has 2 aromatic rings. The van der Waals surface area contributed by atoms with Crippen LogP contribution in [0.15, 0.2) is 28.7 Å². The summed E-state index contributed by atoms with van der Waals surface area (Å²) < 4.78 is 11.1. The molecule has 1 aliphatic heterocycles. The Labute approximate surface area is 146 Å². The lowest BCUT2D eigenvalue weighted by Crippen LogP contribution is -2.40. The first-order chi connectivity index (χ1) is 12.2. The molecule has 4 rings (SSSR count). The van der Waals surface area contributed by atoms with E-state index in [0.29, 0.717) is 49.9 Å². The number of hydrogen-bond acceptors (Lipinski definition) is 4. The number of hydrogen-bond donors (Lipinski definition) is 1. The molecular formula is C19H22N2O4. The molecule has 6 heteroatoms. The number of benzene rings is 1. The van der Waals surface area contributed by atoms with Gasteiger partial charge in [0.25, 0.3) is 5.91 Å². The average Bonchev–Trinajstić information content (AvgIpc) is 3.42. The maximum absolute atomic E-state index is 12.9. The van der Waals surface area contributed by atoms with Crippen molar-refractivity contribution in [2.75, 3.05) is 31.6 Å². The van der Waals surface area contributed by atoms with Gasteiger partial charge in [-0.2, -0.15) is 0 Å². The standard InChI is InChI=1S/C19H22N2O4/c22-16(8-7-13-5-6-13)20-17-14-3-1-2-4-15(14)25-18(17)19(23)21-9-11-24-12-10-21/h1-4,13H,5-12H2,(H,20,22). The molecule has 0 bridgehead atoms. The third kappa shape index (κ3) is 3.54. The number of carbonyl (C=O) groups excluding carboxylic acids is 2. The molecule has 0 unspecified atom stereocenters. The number of furan rings is 1. The van der Waals surface area contributed by atoms with Crippen molar-refractivity contribution in [2.45, 2.75) is 25.7 Å². The van der Waals surface area contributed by atoms with Crippen molar-refractivity contribution in [3.05, 3.63) is 30.0 Å². The fourth-order valence-electron chi connectivity index (χ4n) is 3.17. The van der Waals surface area contributed by atoms with Crippen molar-refractivity contribution >= 4 is 28.5 Å². The van der Waals surface area contributed by atoms with E-state index >= 15 is 0 Å². The number of morpholine rings is 1. The number of anilines is 1. The van der Waals surface area contributed by atoms with Gasteiger partial charge < -0.3 is 19.4 Å². The maximum Gasteiger partial charge on any atom is 0.291 e. The number of carbonyl (C=O) groups is 2. The summed E-state index contributed by atoms with van der Waals surface area (Å²) in [7, 11) is 0. The van der Waals surface area contributed by atoms with Crippen LogP contribution in [0.5, 0.6) is 0 Å². The van der Waals surface area contributed by atoms with E-state index in [4.69, 9.17) is 9.15 Å². The van der Waals surface area contributed by atoms with Crippen molar-refractivity contribution in [1.82, 2.24) is 4.90 Å². The summed E-state index contributed by atoms with van der Waals surface area (Å²) in [4.78, 5) is 26.9. The Morgan fingerprint density at radius 2 is 1.92 bits per heavy atom. The molecule has 0 spiro atoms. The van der Waals surface area contributed by atoms with Gasteiger partial charge in [0.15, 0.2) is 0 Å². The summed E-state index contributed by atoms with van der Waals surface area (Å²) in [5.74, 6) is 0.649. The zero-order valence-electron chi connectivity index (χ0n) is 14.1. The van der Waals surface area contributed by atoms with E-state index in [9.17, 15) is 9.59 Å². The quantitative estimate of drug-likeness (QED) is 0.906. The second-order valence-electron chi connectivity index (χ2n) is 6.74. The lowest BCUT2D eigenvalue weighted by molar-refractivity contribution is -0.116. The predicted octanol–water partition coefficient (Wildman–Crippen LogP) is 3.03. The van der Waals surface area contributed by atoms with Crippen molar-refractivity contribution in [2.24, 2.45) is 5.92 Å². The van der Waals surface area contributed by atoms with Gasteiger partial charge in [0, 0.05) is 24.9 Å². The lowest BCUT2D eigenvalue weighted by atomic mass is 10.2. The van der Waals surface area contributed by atoms with Crippen LogP contribution >= 0.6 is 0 Å². The minimum absolute atomic E-state index is 0.0607. The number of ether oxygens (including phenoxy) is 1. The molecule has 25 heavy (non-hydrogen) atoms. The van der Waals surface area contributed by atoms with Crippen LogP contribution in [0.3, 0.4) is 0 Å². The smallest absolute Gasteiger partial charge is 0.291 e. The molecule has 2 fully saturated rings. The Bertz CT molecular complexity index is 788. The maximum atomic E-state index is 12.9. The molecule has 0 radical (unpaired) electrons. The van der Waals surface area contributed by atoms with Crippen LogP contribution in [0.2, 0.25) is 0 Å². The first kappa shape index (κ1) is 16.1. The molecular weight excluding hydrogens is 320 g/mol. The first-order valence-electron chi connectivity index (χ1n) is 8.91. The Balaban J connectivity index is 1.60. The summed E-state index contributed by atoms with van der Waals surface area (Å²) in [6.45, 7) is 2.11. The summed E-state index contributed by atoms with van der Waals surface area (Å²) >= 11 is 0. The van der Waals surface area contributed by atoms with Crippen LogP contribution in [-0.4, -0.2) is 43.0 Å². The van der Waals surface area contributed by atoms with Crippen molar-refractivity contribution in [3.8, 4) is 0 Å². The van der Waals surface area contributed by atoms with E-state index in [2.05, 4.69) is 5.32 Å². The van der Waals surface area contributed by atoms with Crippen LogP contribution in [-0.2, 0) is 9.53 Å². The summed E-state index contributed by atoms with van der Waals surface area (Å²) in [6.07, 6.45) is 3.84. The molecule has 1 aromatic heterocycles. The fourth-order valence-corrected chi connectivity index (χ4v) is 3.17. The first-order valence-corrected chi connectivity index (χ1v) is 8.91. The minimum Gasteiger partial charge on any atom is -0.449 e. The average molecular weight is 342 g/mol. The van der Waals surface area contributed by atoms with Crippen molar-refractivity contribution < 1.29 is 18.7 Å². The topological polar surface area (TPSA) is 71.8 Å². The van der Waals surface area contributed by atoms with Crippen LogP contribution in [0.25, 0.3) is 11.0 Å². The highest BCUT2D eigenvalue weighted by Gasteiger charge is 2.28. The number of nitrogens with zero attached hydrogens (tertiary/aromatic N) is 1. The normalized spacial score (nSPS) is 17.7. The van der Waals surface area contributed by atoms with Crippen LogP contribution in [0, 0.1) is 5.92 Å². The Morgan fingerprint density at radius 3 is 2.68 bits per heavy atom. The number of nitrogens with one attached hydrogen (secondary N) is 1. The monoisotopic (exact) mass is 342 g/mol. The van der Waals surface area contributed by atoms with Gasteiger partial charge in [-0.3, -0.25) is 9.59 Å². The number of fused-ring (bicyclic) bond motifs is 1. The molecule has 1 N–H and O–H groups in total. The number of amides is 2. The van der Waals surface area contributed by atoms with Crippen molar-refractivity contribution in [1.29, 1.82) is 0 Å². The van der Waals surface area contributed by atoms with Gasteiger partial charge in [0.05, 0.1) is 13.2 Å². The minimum atomic E-state index is -0.197. The van der Waals surface area contributed by atoms with E-state index in [1.807, 2.05) is 24.3 Å². The zero-order chi connectivity index (χ0) is 17.2. The van der Waals surface area contributed by atoms with Gasteiger partial charge in [0.2, 0.25) is 11.7 Å². The Hall–Kier alpha value is -2.34. The third-order valence-electron chi connectivity index (χ3n) is 4.83. The van der Waals surface area contributed by atoms with Crippen LogP contribution in [0.4, 0.5) is 5.69 Å². The van der Waals surface area contributed by atoms with E-state index in [1.54, 1.807) is 4.90 Å². The Kier molecular flexibility index (Phi) is 4.44. The molecule has 1 saturated heterocycles. The third-order valence-corrected chi connectivity index (χ3v) is 4.83. The van der Waals surface area contributed by atoms with Gasteiger partial charge in [-0.1, -0.05) is 25.0 Å². The second-order valence-corrected chi connectivity index (χ2v) is 6.74. The molecule has 2 aliphatic rings. The fraction of sp³-hybridized carbons (Fsp3) is 0.474. The molecule has 6 nitrogen and oxygen atoms in total. The number of rotatable bonds is 5. The van der Waals surface area contributed by atoms with Crippen molar-refractivity contribution in [3.63, 3.8) is 0 Å². The van der Waals surface area contributed by atoms with Gasteiger partial charge in [-0.15, -0.1) is 0 Å². The number of para-hydroxylation sites is 1. The van der Waals surface area contributed by atoms with Gasteiger partial charge >= 0.3 is 0 Å². The van der Waals surface area contributed by atoms with E-state index < -0.39 is 0 Å². The highest BCUT2D eigenvalue weighted by atomic mass is 16.5. The Morgan fingerprint density at radius 1 is 1.16 bits per heavy atom. The second kappa shape index (κ2) is 6.88. The van der Waals surface area contributed by atoms with Gasteiger partial charge in [0.1, 0.15) is 11.3 Å². The lowest BCUT2D eigenvalue weighted by Gasteiger charge is -2.26. The summed E-state index contributed by atoms with van der Waals surface area (Å²) in [5, 5.41) is 3.69. The molecule has 0 atom stereocenters.